The summed E-state index contributed by atoms with van der Waals surface area (Å²) < 4.78 is 10.6. The van der Waals surface area contributed by atoms with Crippen molar-refractivity contribution >= 4 is 28.2 Å². The van der Waals surface area contributed by atoms with Gasteiger partial charge >= 0.3 is 13.5 Å². The first-order valence-electron chi connectivity index (χ1n) is 6.27. The number of methoxy groups -OCH3 is 1. The van der Waals surface area contributed by atoms with Crippen LogP contribution in [-0.4, -0.2) is 31.3 Å². The summed E-state index contributed by atoms with van der Waals surface area (Å²) in [5.74, 6) is -0.320. The van der Waals surface area contributed by atoms with E-state index in [2.05, 4.69) is 41.7 Å². The van der Waals surface area contributed by atoms with Crippen molar-refractivity contribution < 1.29 is 14.2 Å². The van der Waals surface area contributed by atoms with Crippen molar-refractivity contribution in [2.45, 2.75) is 38.5 Å². The van der Waals surface area contributed by atoms with E-state index in [9.17, 15) is 4.79 Å². The van der Waals surface area contributed by atoms with E-state index in [1.807, 2.05) is 12.1 Å². The smallest absolute Gasteiger partial charge is 0.337 e. The van der Waals surface area contributed by atoms with Crippen molar-refractivity contribution in [3.8, 4) is 0 Å². The summed E-state index contributed by atoms with van der Waals surface area (Å²) in [6.07, 6.45) is 0. The van der Waals surface area contributed by atoms with E-state index in [0.717, 1.165) is 5.46 Å². The molecule has 1 aromatic carbocycles. The number of esters is 1. The van der Waals surface area contributed by atoms with Gasteiger partial charge in [0.25, 0.3) is 0 Å². The number of carbonyl (C=O) groups excluding carboxylic acids is 1. The van der Waals surface area contributed by atoms with Crippen molar-refractivity contribution in [2.75, 3.05) is 7.11 Å². The molecule has 0 aliphatic carbocycles. The van der Waals surface area contributed by atoms with Crippen LogP contribution in [0.5, 0.6) is 0 Å². The average molecular weight is 280 g/mol. The predicted molar refractivity (Wildman–Crippen MR) is 83.5 cm³/mol. The molecule has 1 aromatic rings. The van der Waals surface area contributed by atoms with E-state index in [0.29, 0.717) is 13.0 Å². The van der Waals surface area contributed by atoms with Gasteiger partial charge in [-0.1, -0.05) is 31.4 Å². The molecule has 104 valence electrons. The number of carbonyl (C=O) groups is 1. The third-order valence-electron chi connectivity index (χ3n) is 3.53. The van der Waals surface area contributed by atoms with Crippen LogP contribution in [0.4, 0.5) is 0 Å². The Balaban J connectivity index is 2.67. The predicted octanol–water partition coefficient (Wildman–Crippen LogP) is 1.90. The molecule has 0 aromatic heterocycles. The van der Waals surface area contributed by atoms with Crippen LogP contribution in [0.15, 0.2) is 24.3 Å². The zero-order valence-electron chi connectivity index (χ0n) is 12.3. The van der Waals surface area contributed by atoms with Gasteiger partial charge < -0.3 is 9.39 Å². The molecule has 0 saturated heterocycles. The number of benzene rings is 1. The molecule has 0 heterocycles. The Morgan fingerprint density at radius 3 is 2.11 bits per heavy atom. The number of hydrogen-bond donors (Lipinski definition) is 0. The summed E-state index contributed by atoms with van der Waals surface area (Å²) in [5.41, 5.74) is 1.34. The van der Waals surface area contributed by atoms with Crippen LogP contribution in [0, 0.1) is 0 Å². The van der Waals surface area contributed by atoms with E-state index < -0.39 is 0 Å². The molecule has 1 unspecified atom stereocenters. The number of rotatable bonds is 5. The van der Waals surface area contributed by atoms with Crippen LogP contribution in [0.25, 0.3) is 0 Å². The van der Waals surface area contributed by atoms with Crippen LogP contribution < -0.4 is 5.46 Å². The maximum atomic E-state index is 11.3. The lowest BCUT2D eigenvalue weighted by molar-refractivity contribution is 0.0600. The standard InChI is InChI=1S/C14H22BO3P/c1-13(2,14(3,4)19)18-15-11-8-6-10(7-9-11)12(16)17-5/h6-9,15H,19H2,1-5H3. The van der Waals surface area contributed by atoms with Gasteiger partial charge in [-0.15, -0.1) is 9.24 Å². The van der Waals surface area contributed by atoms with Gasteiger partial charge in [-0.3, -0.25) is 0 Å². The summed E-state index contributed by atoms with van der Waals surface area (Å²) in [5, 5.41) is -0.0149. The van der Waals surface area contributed by atoms with E-state index in [1.54, 1.807) is 12.1 Å². The highest BCUT2D eigenvalue weighted by atomic mass is 31.0. The Morgan fingerprint density at radius 2 is 1.68 bits per heavy atom. The molecule has 0 spiro atoms. The Morgan fingerprint density at radius 1 is 1.16 bits per heavy atom. The summed E-state index contributed by atoms with van der Waals surface area (Å²) >= 11 is 0. The molecule has 1 atom stereocenters. The van der Waals surface area contributed by atoms with Gasteiger partial charge in [-0.2, -0.15) is 0 Å². The molecule has 3 nitrogen and oxygen atoms in total. The molecular weight excluding hydrogens is 258 g/mol. The highest BCUT2D eigenvalue weighted by molar-refractivity contribution is 7.19. The molecule has 0 bridgehead atoms. The highest BCUT2D eigenvalue weighted by Crippen LogP contribution is 2.32. The van der Waals surface area contributed by atoms with Gasteiger partial charge in [-0.25, -0.2) is 4.79 Å². The second kappa shape index (κ2) is 6.07. The minimum absolute atomic E-state index is 0.0149. The third kappa shape index (κ3) is 4.33. The van der Waals surface area contributed by atoms with Gasteiger partial charge in [0.2, 0.25) is 0 Å². The van der Waals surface area contributed by atoms with Crippen LogP contribution in [-0.2, 0) is 9.39 Å². The molecule has 0 aliphatic rings. The highest BCUT2D eigenvalue weighted by Gasteiger charge is 2.33. The van der Waals surface area contributed by atoms with Crippen molar-refractivity contribution in [3.05, 3.63) is 29.8 Å². The largest absolute Gasteiger partial charge is 0.465 e. The number of ether oxygens (including phenoxy) is 1. The fourth-order valence-electron chi connectivity index (χ4n) is 1.30. The fraction of sp³-hybridized carbons (Fsp3) is 0.500. The van der Waals surface area contributed by atoms with Crippen LogP contribution in [0.1, 0.15) is 38.1 Å². The Bertz CT molecular complexity index is 435. The first-order chi connectivity index (χ1) is 8.67. The fourth-order valence-corrected chi connectivity index (χ4v) is 1.39. The zero-order valence-corrected chi connectivity index (χ0v) is 13.5. The van der Waals surface area contributed by atoms with Crippen molar-refractivity contribution in [1.29, 1.82) is 0 Å². The normalized spacial score (nSPS) is 12.1. The molecule has 19 heavy (non-hydrogen) atoms. The summed E-state index contributed by atoms with van der Waals surface area (Å²) in [7, 11) is 4.71. The van der Waals surface area contributed by atoms with Crippen molar-refractivity contribution in [1.82, 2.24) is 0 Å². The minimum atomic E-state index is -0.320. The topological polar surface area (TPSA) is 35.5 Å². The molecule has 0 saturated carbocycles. The first-order valence-corrected chi connectivity index (χ1v) is 6.85. The lowest BCUT2D eigenvalue weighted by Gasteiger charge is -2.39. The average Bonchev–Trinajstić information content (AvgIpc) is 2.35. The van der Waals surface area contributed by atoms with Crippen LogP contribution in [0.3, 0.4) is 0 Å². The molecule has 0 fully saturated rings. The quantitative estimate of drug-likeness (QED) is 0.469. The molecule has 0 aliphatic heterocycles. The van der Waals surface area contributed by atoms with E-state index >= 15 is 0 Å². The molecule has 1 rings (SSSR count). The SMILES string of the molecule is COC(=O)c1ccc(BOC(C)(C)C(C)(C)P)cc1. The van der Waals surface area contributed by atoms with Gasteiger partial charge in [-0.05, 0) is 26.0 Å². The Hall–Kier alpha value is -0.855. The van der Waals surface area contributed by atoms with Crippen molar-refractivity contribution in [2.24, 2.45) is 0 Å². The van der Waals surface area contributed by atoms with Gasteiger partial charge in [0.1, 0.15) is 0 Å². The summed E-state index contributed by atoms with van der Waals surface area (Å²) in [6, 6.07) is 7.28. The van der Waals surface area contributed by atoms with Crippen LogP contribution >= 0.6 is 9.24 Å². The molecule has 5 heteroatoms. The minimum Gasteiger partial charge on any atom is -0.465 e. The van der Waals surface area contributed by atoms with E-state index in [4.69, 9.17) is 4.65 Å². The Kier molecular flexibility index (Phi) is 5.17. The van der Waals surface area contributed by atoms with Crippen molar-refractivity contribution in [3.63, 3.8) is 0 Å². The molecule has 0 amide bonds. The second-order valence-electron chi connectivity index (χ2n) is 5.71. The van der Waals surface area contributed by atoms with Crippen LogP contribution in [0.2, 0.25) is 0 Å². The maximum absolute atomic E-state index is 11.3. The zero-order chi connectivity index (χ0) is 14.7. The number of hydrogen-bond acceptors (Lipinski definition) is 3. The summed E-state index contributed by atoms with van der Waals surface area (Å²) in [4.78, 5) is 11.3. The van der Waals surface area contributed by atoms with E-state index in [1.165, 1.54) is 7.11 Å². The second-order valence-corrected chi connectivity index (χ2v) is 7.15. The van der Waals surface area contributed by atoms with Gasteiger partial charge in [0, 0.05) is 5.16 Å². The van der Waals surface area contributed by atoms with Gasteiger partial charge in [0.05, 0.1) is 18.3 Å². The summed E-state index contributed by atoms with van der Waals surface area (Å²) in [6.45, 7) is 8.39. The van der Waals surface area contributed by atoms with E-state index in [-0.39, 0.29) is 16.7 Å². The third-order valence-corrected chi connectivity index (χ3v) is 4.22. The molecule has 0 N–H and O–H groups in total. The molecule has 0 radical (unpaired) electrons. The van der Waals surface area contributed by atoms with Gasteiger partial charge in [0.15, 0.2) is 0 Å². The first kappa shape index (κ1) is 16.2. The Labute approximate surface area is 118 Å². The molecular formula is C14H22BO3P. The maximum Gasteiger partial charge on any atom is 0.337 e. The lowest BCUT2D eigenvalue weighted by atomic mass is 9.83. The monoisotopic (exact) mass is 280 g/mol. The lowest BCUT2D eigenvalue weighted by Crippen LogP contribution is -2.45.